The van der Waals surface area contributed by atoms with Gasteiger partial charge in [0.1, 0.15) is 15.8 Å². The van der Waals surface area contributed by atoms with Crippen molar-refractivity contribution in [1.29, 1.82) is 0 Å². The van der Waals surface area contributed by atoms with Gasteiger partial charge in [-0.1, -0.05) is 12.1 Å². The van der Waals surface area contributed by atoms with E-state index in [0.717, 1.165) is 6.07 Å². The number of hydrogen-bond acceptors (Lipinski definition) is 13. The van der Waals surface area contributed by atoms with Gasteiger partial charge in [-0.2, -0.15) is 5.11 Å². The van der Waals surface area contributed by atoms with Crippen LogP contribution in [0.15, 0.2) is 74.6 Å². The zero-order valence-corrected chi connectivity index (χ0v) is 24.9. The minimum absolute atomic E-state index is 0. The molecule has 0 aromatic heterocycles. The molecule has 3 aromatic carbocycles. The maximum absolute atomic E-state index is 12.3. The van der Waals surface area contributed by atoms with E-state index in [9.17, 15) is 26.6 Å². The van der Waals surface area contributed by atoms with Crippen molar-refractivity contribution in [3.63, 3.8) is 0 Å². The molecule has 0 saturated heterocycles. The van der Waals surface area contributed by atoms with E-state index in [1.807, 2.05) is 0 Å². The summed E-state index contributed by atoms with van der Waals surface area (Å²) in [6.45, 7) is -0.243. The largest absolute Gasteiger partial charge is 1.00 e. The molecule has 0 radical (unpaired) electrons. The van der Waals surface area contributed by atoms with Crippen LogP contribution >= 0.6 is 12.3 Å². The summed E-state index contributed by atoms with van der Waals surface area (Å²) in [6, 6.07) is 12.4. The van der Waals surface area contributed by atoms with Gasteiger partial charge in [0.05, 0.1) is 33.5 Å². The van der Waals surface area contributed by atoms with E-state index in [0.29, 0.717) is 16.5 Å². The average Bonchev–Trinajstić information content (AvgIpc) is 2.77. The first-order valence-electron chi connectivity index (χ1n) is 8.89. The van der Waals surface area contributed by atoms with Gasteiger partial charge in [0.2, 0.25) is 0 Å². The van der Waals surface area contributed by atoms with E-state index in [4.69, 9.17) is 9.92 Å². The van der Waals surface area contributed by atoms with Crippen LogP contribution in [0.4, 0.5) is 17.1 Å². The summed E-state index contributed by atoms with van der Waals surface area (Å²) in [7, 11) is -8.28. The number of fused-ring (bicyclic) bond motifs is 1. The van der Waals surface area contributed by atoms with E-state index in [1.54, 1.807) is 6.07 Å². The SMILES string of the molecule is Nc1ccc2cc(S(=O)(=O)[O-])ccc2c1N=Nc1ccc(S(=O)(=O)CCOSOO[O-])cc1.[Na+].[Na+]. The van der Waals surface area contributed by atoms with Gasteiger partial charge in [0.25, 0.3) is 0 Å². The zero-order chi connectivity index (χ0) is 24.1. The number of rotatable bonds is 10. The summed E-state index contributed by atoms with van der Waals surface area (Å²) in [4.78, 5) is -0.359. The van der Waals surface area contributed by atoms with Crippen LogP contribution in [0.5, 0.6) is 0 Å². The molecule has 35 heavy (non-hydrogen) atoms. The number of nitrogens with zero attached hydrogens (tertiary/aromatic N) is 2. The maximum atomic E-state index is 12.3. The van der Waals surface area contributed by atoms with Crippen molar-refractivity contribution < 1.29 is 99.3 Å². The number of sulfone groups is 1. The van der Waals surface area contributed by atoms with Crippen LogP contribution < -0.4 is 70.1 Å². The predicted molar refractivity (Wildman–Crippen MR) is 115 cm³/mol. The van der Waals surface area contributed by atoms with E-state index >= 15 is 0 Å². The Kier molecular flexibility index (Phi) is 13.3. The van der Waals surface area contributed by atoms with Crippen molar-refractivity contribution in [2.75, 3.05) is 18.1 Å². The molecule has 0 aliphatic rings. The Bertz CT molecular complexity index is 1390. The van der Waals surface area contributed by atoms with Crippen LogP contribution in [0, 0.1) is 0 Å². The van der Waals surface area contributed by atoms with Gasteiger partial charge in [-0.15, -0.1) is 9.45 Å². The molecule has 0 atom stereocenters. The zero-order valence-electron chi connectivity index (χ0n) is 18.5. The van der Waals surface area contributed by atoms with Gasteiger partial charge in [0, 0.05) is 5.39 Å². The monoisotopic (exact) mass is 559 g/mol. The number of nitrogens with two attached hydrogens (primary N) is 1. The molecule has 0 unspecified atom stereocenters. The van der Waals surface area contributed by atoms with E-state index in [-0.39, 0.29) is 105 Å². The molecule has 12 nitrogen and oxygen atoms in total. The molecule has 0 amide bonds. The fraction of sp³-hybridized carbons (Fsp3) is 0.111. The molecule has 0 bridgehead atoms. The normalized spacial score (nSPS) is 11.8. The van der Waals surface area contributed by atoms with Crippen molar-refractivity contribution in [2.24, 2.45) is 10.2 Å². The molecule has 0 aliphatic heterocycles. The smallest absolute Gasteiger partial charge is 0.744 e. The fourth-order valence-electron chi connectivity index (χ4n) is 2.73. The van der Waals surface area contributed by atoms with Gasteiger partial charge < -0.3 is 15.5 Å². The number of anilines is 1. The average molecular weight is 560 g/mol. The van der Waals surface area contributed by atoms with E-state index in [2.05, 4.69) is 19.6 Å². The second kappa shape index (κ2) is 14.3. The van der Waals surface area contributed by atoms with E-state index in [1.165, 1.54) is 42.5 Å². The molecule has 176 valence electrons. The second-order valence-corrected chi connectivity index (χ2v) is 10.4. The quantitative estimate of drug-likeness (QED) is 0.0376. The molecule has 0 spiro atoms. The molecule has 0 fully saturated rings. The van der Waals surface area contributed by atoms with Crippen molar-refractivity contribution in [3.8, 4) is 0 Å². The first kappa shape index (κ1) is 32.4. The molecule has 0 heterocycles. The molecule has 17 heteroatoms. The van der Waals surface area contributed by atoms with Gasteiger partial charge >= 0.3 is 59.1 Å². The Balaban J connectivity index is 0.00000306. The first-order chi connectivity index (χ1) is 15.6. The minimum Gasteiger partial charge on any atom is -0.744 e. The standard InChI is InChI=1S/C18H17N3O9S3.2Na/c19-17-8-1-12-11-15(33(25,26)27)6-7-16(12)18(17)21-20-13-2-4-14(5-3-13)32(23,24)10-9-28-31-30-29-22;;/h1-8,11,22H,9-10,19H2,(H,25,26,27);;/q;2*+1/p-2. The molecule has 2 N–H and O–H groups in total. The third-order valence-corrected chi connectivity index (χ3v) is 7.18. The van der Waals surface area contributed by atoms with Gasteiger partial charge in [-0.05, 0) is 47.9 Å². The molecule has 3 rings (SSSR count). The van der Waals surface area contributed by atoms with Gasteiger partial charge in [-0.3, -0.25) is 9.22 Å². The molecule has 3 aromatic rings. The van der Waals surface area contributed by atoms with Crippen molar-refractivity contribution in [2.45, 2.75) is 9.79 Å². The van der Waals surface area contributed by atoms with Crippen molar-refractivity contribution in [1.82, 2.24) is 0 Å². The third kappa shape index (κ3) is 9.01. The summed E-state index contributed by atoms with van der Waals surface area (Å²) in [6.07, 6.45) is 0. The summed E-state index contributed by atoms with van der Waals surface area (Å²) in [5.41, 5.74) is 6.84. The van der Waals surface area contributed by atoms with Crippen LogP contribution in [0.1, 0.15) is 0 Å². The topological polar surface area (TPSA) is 193 Å². The van der Waals surface area contributed by atoms with Crippen LogP contribution in [0.25, 0.3) is 10.8 Å². The van der Waals surface area contributed by atoms with Crippen LogP contribution in [0.2, 0.25) is 0 Å². The Hall–Kier alpha value is -0.630. The van der Waals surface area contributed by atoms with E-state index < -0.39 is 20.0 Å². The number of benzene rings is 3. The molecule has 0 saturated carbocycles. The van der Waals surface area contributed by atoms with Crippen LogP contribution in [0.3, 0.4) is 0 Å². The molecular weight excluding hydrogens is 544 g/mol. The van der Waals surface area contributed by atoms with Crippen molar-refractivity contribution in [3.05, 3.63) is 54.6 Å². The number of azo groups is 1. The summed E-state index contributed by atoms with van der Waals surface area (Å²) in [5.74, 6) is -0.364. The minimum atomic E-state index is -4.62. The third-order valence-electron chi connectivity index (χ3n) is 4.28. The molecule has 0 aliphatic carbocycles. The Morgan fingerprint density at radius 2 is 1.57 bits per heavy atom. The first-order valence-corrected chi connectivity index (χ1v) is 12.6. The fourth-order valence-corrected chi connectivity index (χ4v) is 4.64. The second-order valence-electron chi connectivity index (χ2n) is 6.38. The van der Waals surface area contributed by atoms with Crippen LogP contribution in [-0.4, -0.2) is 33.7 Å². The Morgan fingerprint density at radius 3 is 2.20 bits per heavy atom. The van der Waals surface area contributed by atoms with Gasteiger partial charge in [-0.25, -0.2) is 16.8 Å². The number of hydrogen-bond donors (Lipinski definition) is 1. The van der Waals surface area contributed by atoms with Gasteiger partial charge in [0.15, 0.2) is 22.2 Å². The molecular formula is C18H15N3Na2O9S3. The predicted octanol–water partition coefficient (Wildman–Crippen LogP) is -3.67. The Labute approximate surface area is 249 Å². The summed E-state index contributed by atoms with van der Waals surface area (Å²) in [5, 5.41) is 21.8. The Morgan fingerprint density at radius 1 is 0.914 bits per heavy atom. The summed E-state index contributed by atoms with van der Waals surface area (Å²) < 4.78 is 66.9. The van der Waals surface area contributed by atoms with Crippen LogP contribution in [-0.2, 0) is 33.5 Å². The maximum Gasteiger partial charge on any atom is 1.00 e. The summed E-state index contributed by atoms with van der Waals surface area (Å²) >= 11 is 0.218. The van der Waals surface area contributed by atoms with Crippen molar-refractivity contribution >= 4 is 60.1 Å². The number of nitrogen functional groups attached to an aromatic ring is 1.